The summed E-state index contributed by atoms with van der Waals surface area (Å²) < 4.78 is 0. The second-order valence-corrected chi connectivity index (χ2v) is 8.12. The quantitative estimate of drug-likeness (QED) is 0.875. The minimum Gasteiger partial charge on any atom is -0.339 e. The minimum absolute atomic E-state index is 0.187. The third-order valence-electron chi connectivity index (χ3n) is 5.70. The molecule has 0 saturated carbocycles. The molecule has 0 spiro atoms. The van der Waals surface area contributed by atoms with Crippen molar-refractivity contribution in [3.8, 4) is 0 Å². The molecule has 0 aliphatic carbocycles. The number of piperazine rings is 1. The molecule has 2 saturated heterocycles. The van der Waals surface area contributed by atoms with Crippen molar-refractivity contribution < 1.29 is 4.79 Å². The highest BCUT2D eigenvalue weighted by molar-refractivity contribution is 5.78. The van der Waals surface area contributed by atoms with E-state index in [2.05, 4.69) is 47.9 Å². The van der Waals surface area contributed by atoms with E-state index in [9.17, 15) is 4.79 Å². The number of likely N-dealkylation sites (tertiary alicyclic amines) is 1. The van der Waals surface area contributed by atoms with Gasteiger partial charge in [-0.3, -0.25) is 14.6 Å². The van der Waals surface area contributed by atoms with Crippen LogP contribution in [0.5, 0.6) is 0 Å². The minimum atomic E-state index is 0.187. The third-order valence-corrected chi connectivity index (χ3v) is 5.70. The summed E-state index contributed by atoms with van der Waals surface area (Å²) in [5.41, 5.74) is 8.72. The summed E-state index contributed by atoms with van der Waals surface area (Å²) in [5, 5.41) is 0. The first-order valence-corrected chi connectivity index (χ1v) is 9.45. The highest BCUT2D eigenvalue weighted by atomic mass is 16.2. The van der Waals surface area contributed by atoms with Crippen molar-refractivity contribution in [2.75, 3.05) is 52.4 Å². The lowest BCUT2D eigenvalue weighted by Gasteiger charge is -2.35. The van der Waals surface area contributed by atoms with Gasteiger partial charge in [0.05, 0.1) is 6.54 Å². The van der Waals surface area contributed by atoms with Crippen LogP contribution in [-0.4, -0.2) is 73.0 Å². The summed E-state index contributed by atoms with van der Waals surface area (Å²) in [6, 6.07) is 8.69. The average molecular weight is 345 g/mol. The molecular weight excluding hydrogens is 312 g/mol. The number of carbonyl (C=O) groups excluding carboxylic acids is 1. The fraction of sp³-hybridized carbons (Fsp3) is 0.650. The van der Waals surface area contributed by atoms with Gasteiger partial charge in [-0.05, 0) is 37.4 Å². The van der Waals surface area contributed by atoms with E-state index in [1.165, 1.54) is 11.1 Å². The largest absolute Gasteiger partial charge is 0.339 e. The van der Waals surface area contributed by atoms with E-state index >= 15 is 0 Å². The van der Waals surface area contributed by atoms with Crippen LogP contribution in [-0.2, 0) is 11.3 Å². The van der Waals surface area contributed by atoms with E-state index < -0.39 is 0 Å². The molecule has 2 fully saturated rings. The summed E-state index contributed by atoms with van der Waals surface area (Å²) in [6.45, 7) is 12.1. The molecule has 2 heterocycles. The fourth-order valence-corrected chi connectivity index (χ4v) is 3.94. The van der Waals surface area contributed by atoms with Crippen molar-refractivity contribution >= 4 is 5.91 Å². The molecule has 2 aliphatic heterocycles. The SMILES string of the molecule is Cc1cccc(CN2CCN(C(=O)CN3CCC(C)(CN)C3)CC2)c1. The lowest BCUT2D eigenvalue weighted by atomic mass is 9.90. The zero-order chi connectivity index (χ0) is 17.9. The molecule has 1 atom stereocenters. The van der Waals surface area contributed by atoms with Gasteiger partial charge in [0.25, 0.3) is 0 Å². The van der Waals surface area contributed by atoms with Crippen LogP contribution >= 0.6 is 0 Å². The van der Waals surface area contributed by atoms with Gasteiger partial charge in [-0.25, -0.2) is 0 Å². The van der Waals surface area contributed by atoms with Crippen LogP contribution < -0.4 is 5.73 Å². The Morgan fingerprint density at radius 3 is 2.56 bits per heavy atom. The Bertz CT molecular complexity index is 597. The van der Waals surface area contributed by atoms with Crippen LogP contribution in [0.3, 0.4) is 0 Å². The predicted octanol–water partition coefficient (Wildman–Crippen LogP) is 1.31. The number of nitrogens with two attached hydrogens (primary N) is 1. The van der Waals surface area contributed by atoms with Crippen molar-refractivity contribution in [2.45, 2.75) is 26.8 Å². The van der Waals surface area contributed by atoms with Crippen LogP contribution in [0.25, 0.3) is 0 Å². The van der Waals surface area contributed by atoms with Gasteiger partial charge in [-0.1, -0.05) is 36.8 Å². The molecule has 1 aromatic carbocycles. The smallest absolute Gasteiger partial charge is 0.236 e. The van der Waals surface area contributed by atoms with Crippen molar-refractivity contribution in [1.82, 2.24) is 14.7 Å². The molecule has 2 N–H and O–H groups in total. The molecule has 25 heavy (non-hydrogen) atoms. The van der Waals surface area contributed by atoms with Crippen molar-refractivity contribution in [1.29, 1.82) is 0 Å². The Hall–Kier alpha value is -1.43. The van der Waals surface area contributed by atoms with E-state index in [0.717, 1.165) is 52.2 Å². The van der Waals surface area contributed by atoms with Crippen LogP contribution in [0.1, 0.15) is 24.5 Å². The monoisotopic (exact) mass is 344 g/mol. The molecule has 1 unspecified atom stereocenters. The molecule has 2 aliphatic rings. The molecular formula is C20H32N4O. The van der Waals surface area contributed by atoms with E-state index in [1.54, 1.807) is 0 Å². The summed E-state index contributed by atoms with van der Waals surface area (Å²) in [4.78, 5) is 19.3. The third kappa shape index (κ3) is 4.81. The van der Waals surface area contributed by atoms with Gasteiger partial charge in [0.1, 0.15) is 0 Å². The first-order chi connectivity index (χ1) is 12.0. The first kappa shape index (κ1) is 18.4. The number of aryl methyl sites for hydroxylation is 1. The van der Waals surface area contributed by atoms with Crippen LogP contribution in [0.4, 0.5) is 0 Å². The summed E-state index contributed by atoms with van der Waals surface area (Å²) in [6.07, 6.45) is 1.10. The average Bonchev–Trinajstić information content (AvgIpc) is 2.97. The van der Waals surface area contributed by atoms with Crippen LogP contribution in [0.15, 0.2) is 24.3 Å². The highest BCUT2D eigenvalue weighted by Crippen LogP contribution is 2.28. The number of rotatable bonds is 5. The lowest BCUT2D eigenvalue weighted by Crippen LogP contribution is -2.50. The van der Waals surface area contributed by atoms with Crippen LogP contribution in [0.2, 0.25) is 0 Å². The van der Waals surface area contributed by atoms with E-state index in [1.807, 2.05) is 4.90 Å². The molecule has 138 valence electrons. The van der Waals surface area contributed by atoms with Crippen molar-refractivity contribution in [3.05, 3.63) is 35.4 Å². The molecule has 0 bridgehead atoms. The standard InChI is InChI=1S/C20H32N4O/c1-17-4-3-5-18(12-17)13-22-8-10-24(11-9-22)19(25)14-23-7-6-20(2,15-21)16-23/h3-5,12H,6-11,13-16,21H2,1-2H3. The second-order valence-electron chi connectivity index (χ2n) is 8.12. The van der Waals surface area contributed by atoms with Gasteiger partial charge in [0.2, 0.25) is 5.91 Å². The zero-order valence-electron chi connectivity index (χ0n) is 15.7. The van der Waals surface area contributed by atoms with Gasteiger partial charge in [0.15, 0.2) is 0 Å². The zero-order valence-corrected chi connectivity index (χ0v) is 15.7. The van der Waals surface area contributed by atoms with Gasteiger partial charge in [-0.15, -0.1) is 0 Å². The van der Waals surface area contributed by atoms with Crippen molar-refractivity contribution in [3.63, 3.8) is 0 Å². The molecule has 5 nitrogen and oxygen atoms in total. The van der Waals surface area contributed by atoms with Gasteiger partial charge >= 0.3 is 0 Å². The Morgan fingerprint density at radius 2 is 1.92 bits per heavy atom. The molecule has 5 heteroatoms. The van der Waals surface area contributed by atoms with Crippen molar-refractivity contribution in [2.24, 2.45) is 11.1 Å². The fourth-order valence-electron chi connectivity index (χ4n) is 3.94. The lowest BCUT2D eigenvalue weighted by molar-refractivity contribution is -0.134. The highest BCUT2D eigenvalue weighted by Gasteiger charge is 2.34. The van der Waals surface area contributed by atoms with Gasteiger partial charge in [-0.2, -0.15) is 0 Å². The number of hydrogen-bond acceptors (Lipinski definition) is 4. The molecule has 0 radical (unpaired) electrons. The summed E-state index contributed by atoms with van der Waals surface area (Å²) in [7, 11) is 0. The number of hydrogen-bond donors (Lipinski definition) is 1. The van der Waals surface area contributed by atoms with E-state index in [-0.39, 0.29) is 11.3 Å². The Morgan fingerprint density at radius 1 is 1.16 bits per heavy atom. The van der Waals surface area contributed by atoms with E-state index in [0.29, 0.717) is 13.1 Å². The topological polar surface area (TPSA) is 52.8 Å². The Kier molecular flexibility index (Phi) is 5.77. The Labute approximate surface area is 151 Å². The van der Waals surface area contributed by atoms with E-state index in [4.69, 9.17) is 5.73 Å². The Balaban J connectivity index is 1.43. The number of carbonyl (C=O) groups is 1. The molecule has 0 aromatic heterocycles. The number of nitrogens with zero attached hydrogens (tertiary/aromatic N) is 3. The van der Waals surface area contributed by atoms with Gasteiger partial charge < -0.3 is 10.6 Å². The normalized spacial score (nSPS) is 25.5. The first-order valence-electron chi connectivity index (χ1n) is 9.45. The number of benzene rings is 1. The maximum absolute atomic E-state index is 12.6. The second kappa shape index (κ2) is 7.85. The molecule has 1 amide bonds. The number of amides is 1. The maximum Gasteiger partial charge on any atom is 0.236 e. The molecule has 3 rings (SSSR count). The summed E-state index contributed by atoms with van der Waals surface area (Å²) in [5.74, 6) is 0.275. The predicted molar refractivity (Wildman–Crippen MR) is 101 cm³/mol. The van der Waals surface area contributed by atoms with Crippen LogP contribution in [0, 0.1) is 12.3 Å². The summed E-state index contributed by atoms with van der Waals surface area (Å²) >= 11 is 0. The molecule has 1 aromatic rings. The van der Waals surface area contributed by atoms with Gasteiger partial charge in [0, 0.05) is 39.3 Å². The maximum atomic E-state index is 12.6.